The minimum atomic E-state index is -1.13. The number of carbonyl (C=O) groups excluding carboxylic acids is 1. The third-order valence-electron chi connectivity index (χ3n) is 1.80. The molecule has 1 N–H and O–H groups in total. The maximum absolute atomic E-state index is 13.0. The molecule has 0 aliphatic heterocycles. The van der Waals surface area contributed by atoms with Crippen LogP contribution in [-0.4, -0.2) is 16.9 Å². The van der Waals surface area contributed by atoms with Crippen LogP contribution in [0.25, 0.3) is 0 Å². The van der Waals surface area contributed by atoms with Crippen LogP contribution in [-0.2, 0) is 4.79 Å². The van der Waals surface area contributed by atoms with Crippen molar-refractivity contribution in [3.05, 3.63) is 35.4 Å². The molecular weight excluding hydrogens is 206 g/mol. The van der Waals surface area contributed by atoms with Crippen LogP contribution in [0.4, 0.5) is 8.78 Å². The Morgan fingerprint density at radius 1 is 1.20 bits per heavy atom. The maximum Gasteiger partial charge on any atom is 0.303 e. The smallest absolute Gasteiger partial charge is 0.303 e. The van der Waals surface area contributed by atoms with Gasteiger partial charge >= 0.3 is 5.97 Å². The molecule has 0 amide bonds. The van der Waals surface area contributed by atoms with E-state index in [4.69, 9.17) is 5.11 Å². The fourth-order valence-electron chi connectivity index (χ4n) is 1.07. The van der Waals surface area contributed by atoms with E-state index >= 15 is 0 Å². The summed E-state index contributed by atoms with van der Waals surface area (Å²) in [5.74, 6) is -3.52. The molecule has 0 unspecified atom stereocenters. The Morgan fingerprint density at radius 3 is 2.40 bits per heavy atom. The lowest BCUT2D eigenvalue weighted by atomic mass is 10.1. The van der Waals surface area contributed by atoms with Crippen LogP contribution >= 0.6 is 0 Å². The van der Waals surface area contributed by atoms with Gasteiger partial charge in [-0.1, -0.05) is 0 Å². The van der Waals surface area contributed by atoms with Gasteiger partial charge in [0.1, 0.15) is 11.6 Å². The molecule has 0 atom stereocenters. The Kier molecular flexibility index (Phi) is 3.49. The van der Waals surface area contributed by atoms with Crippen molar-refractivity contribution in [1.29, 1.82) is 0 Å². The van der Waals surface area contributed by atoms with E-state index in [-0.39, 0.29) is 18.4 Å². The highest BCUT2D eigenvalue weighted by atomic mass is 19.1. The van der Waals surface area contributed by atoms with E-state index < -0.39 is 23.4 Å². The molecule has 0 aliphatic carbocycles. The van der Waals surface area contributed by atoms with Crippen molar-refractivity contribution < 1.29 is 23.5 Å². The average molecular weight is 214 g/mol. The summed E-state index contributed by atoms with van der Waals surface area (Å²) in [5.41, 5.74) is -0.280. The highest BCUT2D eigenvalue weighted by molar-refractivity contribution is 5.97. The Balaban J connectivity index is 2.78. The first-order valence-corrected chi connectivity index (χ1v) is 4.20. The van der Waals surface area contributed by atoms with E-state index in [0.29, 0.717) is 6.07 Å². The SMILES string of the molecule is O=C(O)CCC(=O)c1ccc(F)cc1F. The van der Waals surface area contributed by atoms with Gasteiger partial charge < -0.3 is 5.11 Å². The van der Waals surface area contributed by atoms with Gasteiger partial charge in [0.25, 0.3) is 0 Å². The minimum absolute atomic E-state index is 0.280. The first-order chi connectivity index (χ1) is 7.00. The quantitative estimate of drug-likeness (QED) is 0.780. The second-order valence-electron chi connectivity index (χ2n) is 2.94. The molecule has 80 valence electrons. The van der Waals surface area contributed by atoms with Gasteiger partial charge in [0.2, 0.25) is 0 Å². The van der Waals surface area contributed by atoms with Gasteiger partial charge in [-0.2, -0.15) is 0 Å². The summed E-state index contributed by atoms with van der Waals surface area (Å²) in [5, 5.41) is 8.32. The lowest BCUT2D eigenvalue weighted by Gasteiger charge is -2.00. The Labute approximate surface area is 84.3 Å². The number of aliphatic carboxylic acids is 1. The topological polar surface area (TPSA) is 54.4 Å². The maximum atomic E-state index is 13.0. The Bertz CT molecular complexity index is 402. The fourth-order valence-corrected chi connectivity index (χ4v) is 1.07. The van der Waals surface area contributed by atoms with Crippen LogP contribution in [0.5, 0.6) is 0 Å². The number of benzene rings is 1. The number of carbonyl (C=O) groups is 2. The Morgan fingerprint density at radius 2 is 1.87 bits per heavy atom. The van der Waals surface area contributed by atoms with Gasteiger partial charge in [-0.15, -0.1) is 0 Å². The number of carboxylic acids is 1. The number of hydrogen-bond donors (Lipinski definition) is 1. The summed E-state index contributed by atoms with van der Waals surface area (Å²) >= 11 is 0. The van der Waals surface area contributed by atoms with Crippen LogP contribution in [0.15, 0.2) is 18.2 Å². The summed E-state index contributed by atoms with van der Waals surface area (Å²) in [6.45, 7) is 0. The number of hydrogen-bond acceptors (Lipinski definition) is 2. The van der Waals surface area contributed by atoms with Crippen molar-refractivity contribution in [2.24, 2.45) is 0 Å². The van der Waals surface area contributed by atoms with Crippen molar-refractivity contribution in [2.75, 3.05) is 0 Å². The summed E-state index contributed by atoms with van der Waals surface area (Å²) in [4.78, 5) is 21.4. The number of rotatable bonds is 4. The highest BCUT2D eigenvalue weighted by Gasteiger charge is 2.13. The largest absolute Gasteiger partial charge is 0.481 e. The van der Waals surface area contributed by atoms with Crippen LogP contribution in [0.1, 0.15) is 23.2 Å². The van der Waals surface area contributed by atoms with E-state index in [1.165, 1.54) is 0 Å². The number of Topliss-reactive ketones (excluding diaryl/α,β-unsaturated/α-hetero) is 1. The summed E-state index contributed by atoms with van der Waals surface area (Å²) in [6.07, 6.45) is -0.659. The second kappa shape index (κ2) is 4.63. The lowest BCUT2D eigenvalue weighted by Crippen LogP contribution is -2.06. The molecule has 0 heterocycles. The van der Waals surface area contributed by atoms with Crippen molar-refractivity contribution in [3.8, 4) is 0 Å². The van der Waals surface area contributed by atoms with Crippen molar-refractivity contribution in [3.63, 3.8) is 0 Å². The molecular formula is C10H8F2O3. The molecule has 0 saturated carbocycles. The first kappa shape index (κ1) is 11.3. The number of halogens is 2. The van der Waals surface area contributed by atoms with E-state index in [1.54, 1.807) is 0 Å². The standard InChI is InChI=1S/C10H8F2O3/c11-6-1-2-7(8(12)5-6)9(13)3-4-10(14)15/h1-2,5H,3-4H2,(H,14,15). The fraction of sp³-hybridized carbons (Fsp3) is 0.200. The molecule has 0 bridgehead atoms. The summed E-state index contributed by atoms with van der Waals surface area (Å²) < 4.78 is 25.5. The average Bonchev–Trinajstić information content (AvgIpc) is 2.14. The van der Waals surface area contributed by atoms with Crippen LogP contribution in [0.2, 0.25) is 0 Å². The van der Waals surface area contributed by atoms with Gasteiger partial charge in [-0.25, -0.2) is 8.78 Å². The van der Waals surface area contributed by atoms with Crippen LogP contribution in [0.3, 0.4) is 0 Å². The molecule has 5 heteroatoms. The number of ketones is 1. The molecule has 15 heavy (non-hydrogen) atoms. The Hall–Kier alpha value is -1.78. The zero-order chi connectivity index (χ0) is 11.4. The zero-order valence-corrected chi connectivity index (χ0v) is 7.67. The molecule has 0 aliphatic rings. The summed E-state index contributed by atoms with van der Waals surface area (Å²) in [7, 11) is 0. The van der Waals surface area contributed by atoms with E-state index in [0.717, 1.165) is 12.1 Å². The summed E-state index contributed by atoms with van der Waals surface area (Å²) in [6, 6.07) is 2.56. The molecule has 3 nitrogen and oxygen atoms in total. The molecule has 0 radical (unpaired) electrons. The van der Waals surface area contributed by atoms with Crippen LogP contribution in [0, 0.1) is 11.6 Å². The molecule has 1 aromatic carbocycles. The van der Waals surface area contributed by atoms with Gasteiger partial charge in [0.15, 0.2) is 5.78 Å². The van der Waals surface area contributed by atoms with E-state index in [1.807, 2.05) is 0 Å². The predicted molar refractivity (Wildman–Crippen MR) is 47.6 cm³/mol. The minimum Gasteiger partial charge on any atom is -0.481 e. The van der Waals surface area contributed by atoms with Gasteiger partial charge in [-0.05, 0) is 12.1 Å². The second-order valence-corrected chi connectivity index (χ2v) is 2.94. The predicted octanol–water partition coefficient (Wildman–Crippen LogP) is 2.01. The van der Waals surface area contributed by atoms with Gasteiger partial charge in [0, 0.05) is 12.5 Å². The lowest BCUT2D eigenvalue weighted by molar-refractivity contribution is -0.136. The normalized spacial score (nSPS) is 10.0. The monoisotopic (exact) mass is 214 g/mol. The van der Waals surface area contributed by atoms with Crippen molar-refractivity contribution in [2.45, 2.75) is 12.8 Å². The third-order valence-corrected chi connectivity index (χ3v) is 1.80. The molecule has 0 spiro atoms. The molecule has 0 aromatic heterocycles. The first-order valence-electron chi connectivity index (χ1n) is 4.20. The molecule has 0 fully saturated rings. The van der Waals surface area contributed by atoms with E-state index in [9.17, 15) is 18.4 Å². The molecule has 1 aromatic rings. The molecule has 0 saturated heterocycles. The zero-order valence-electron chi connectivity index (χ0n) is 7.67. The highest BCUT2D eigenvalue weighted by Crippen LogP contribution is 2.12. The van der Waals surface area contributed by atoms with Gasteiger partial charge in [0.05, 0.1) is 12.0 Å². The molecule has 1 rings (SSSR count). The number of carboxylic acid groups (broad SMARTS) is 1. The third kappa shape index (κ3) is 3.12. The van der Waals surface area contributed by atoms with Crippen molar-refractivity contribution in [1.82, 2.24) is 0 Å². The van der Waals surface area contributed by atoms with Crippen molar-refractivity contribution >= 4 is 11.8 Å². The van der Waals surface area contributed by atoms with Crippen LogP contribution < -0.4 is 0 Å². The van der Waals surface area contributed by atoms with Gasteiger partial charge in [-0.3, -0.25) is 9.59 Å². The van der Waals surface area contributed by atoms with E-state index in [2.05, 4.69) is 0 Å².